The van der Waals surface area contributed by atoms with Crippen molar-refractivity contribution in [3.8, 4) is 0 Å². The first kappa shape index (κ1) is 10.1. The lowest BCUT2D eigenvalue weighted by Crippen LogP contribution is -2.39. The van der Waals surface area contributed by atoms with Gasteiger partial charge < -0.3 is 10.1 Å². The largest absolute Gasteiger partial charge is 0.480 e. The van der Waals surface area contributed by atoms with Gasteiger partial charge in [0.25, 0.3) is 5.56 Å². The molecule has 0 unspecified atom stereocenters. The van der Waals surface area contributed by atoms with E-state index in [4.69, 9.17) is 5.11 Å². The molecule has 2 aromatic heterocycles. The van der Waals surface area contributed by atoms with Crippen LogP contribution in [-0.2, 0) is 18.4 Å². The molecule has 2 rings (SSSR count). The summed E-state index contributed by atoms with van der Waals surface area (Å²) in [6, 6.07) is 0. The summed E-state index contributed by atoms with van der Waals surface area (Å²) in [7, 11) is 1.28. The average molecular weight is 224 g/mol. The van der Waals surface area contributed by atoms with Crippen LogP contribution in [0.3, 0.4) is 0 Å². The maximum absolute atomic E-state index is 11.6. The van der Waals surface area contributed by atoms with Crippen LogP contribution in [0.4, 0.5) is 0 Å². The molecule has 2 heterocycles. The van der Waals surface area contributed by atoms with Gasteiger partial charge in [0.05, 0.1) is 6.33 Å². The van der Waals surface area contributed by atoms with Gasteiger partial charge in [0.15, 0.2) is 5.65 Å². The number of rotatable bonds is 2. The van der Waals surface area contributed by atoms with Crippen LogP contribution in [0, 0.1) is 0 Å². The van der Waals surface area contributed by atoms with E-state index in [1.54, 1.807) is 0 Å². The molecule has 0 aliphatic carbocycles. The molecule has 0 saturated heterocycles. The molecular formula is C8H8N4O4. The summed E-state index contributed by atoms with van der Waals surface area (Å²) in [5.41, 5.74) is -1.06. The van der Waals surface area contributed by atoms with E-state index < -0.39 is 23.8 Å². The molecule has 16 heavy (non-hydrogen) atoms. The minimum atomic E-state index is -1.18. The highest BCUT2D eigenvalue weighted by Crippen LogP contribution is 2.00. The molecule has 8 heteroatoms. The normalized spacial score (nSPS) is 10.8. The highest BCUT2D eigenvalue weighted by Gasteiger charge is 2.14. The number of aromatic amines is 1. The number of hydrogen-bond acceptors (Lipinski definition) is 4. The van der Waals surface area contributed by atoms with E-state index in [9.17, 15) is 14.4 Å². The minimum absolute atomic E-state index is 0.0514. The predicted octanol–water partition coefficient (Wildman–Crippen LogP) is -1.49. The Bertz CT molecular complexity index is 677. The summed E-state index contributed by atoms with van der Waals surface area (Å²) < 4.78 is 1.76. The molecule has 0 saturated carbocycles. The number of fused-ring (bicyclic) bond motifs is 1. The molecule has 0 aromatic carbocycles. The molecule has 2 aromatic rings. The van der Waals surface area contributed by atoms with Gasteiger partial charge in [-0.05, 0) is 0 Å². The average Bonchev–Trinajstić information content (AvgIpc) is 2.69. The smallest absolute Gasteiger partial charge is 0.333 e. The second-order valence-electron chi connectivity index (χ2n) is 3.23. The fraction of sp³-hybridized carbons (Fsp3) is 0.250. The van der Waals surface area contributed by atoms with Crippen LogP contribution in [-0.4, -0.2) is 30.2 Å². The standard InChI is InChI=1S/C8H8N4O4/c1-11-7(15)5-6(10-3-9-5)12(8(11)16)2-4(13)14/h3H,2H2,1H3,(H,9,10)(H,13,14). The van der Waals surface area contributed by atoms with Crippen LogP contribution in [0.25, 0.3) is 11.2 Å². The van der Waals surface area contributed by atoms with Crippen LogP contribution in [0.1, 0.15) is 0 Å². The highest BCUT2D eigenvalue weighted by atomic mass is 16.4. The van der Waals surface area contributed by atoms with Gasteiger partial charge in [-0.1, -0.05) is 0 Å². The lowest BCUT2D eigenvalue weighted by atomic mass is 10.5. The number of carboxylic acid groups (broad SMARTS) is 1. The Morgan fingerprint density at radius 1 is 1.56 bits per heavy atom. The topological polar surface area (TPSA) is 110 Å². The van der Waals surface area contributed by atoms with Crippen molar-refractivity contribution in [1.82, 2.24) is 19.1 Å². The minimum Gasteiger partial charge on any atom is -0.480 e. The van der Waals surface area contributed by atoms with Gasteiger partial charge >= 0.3 is 11.7 Å². The number of imidazole rings is 1. The molecule has 2 N–H and O–H groups in total. The number of carbonyl (C=O) groups is 1. The SMILES string of the molecule is Cn1c(=O)c2[nH]cnc2n(CC(=O)O)c1=O. The summed E-state index contributed by atoms with van der Waals surface area (Å²) in [5, 5.41) is 8.66. The number of H-pyrrole nitrogens is 1. The van der Waals surface area contributed by atoms with Crippen molar-refractivity contribution < 1.29 is 9.90 Å². The lowest BCUT2D eigenvalue weighted by molar-refractivity contribution is -0.137. The first-order chi connectivity index (χ1) is 7.52. The second kappa shape index (κ2) is 3.33. The van der Waals surface area contributed by atoms with Gasteiger partial charge in [0.2, 0.25) is 0 Å². The first-order valence-electron chi connectivity index (χ1n) is 4.37. The maximum Gasteiger partial charge on any atom is 0.333 e. The first-order valence-corrected chi connectivity index (χ1v) is 4.37. The van der Waals surface area contributed by atoms with Crippen LogP contribution < -0.4 is 11.2 Å². The molecular weight excluding hydrogens is 216 g/mol. The Morgan fingerprint density at radius 2 is 2.25 bits per heavy atom. The molecule has 0 atom stereocenters. The van der Waals surface area contributed by atoms with Crippen molar-refractivity contribution in [2.24, 2.45) is 7.05 Å². The number of hydrogen-bond donors (Lipinski definition) is 2. The summed E-state index contributed by atoms with van der Waals surface area (Å²) >= 11 is 0. The monoisotopic (exact) mass is 224 g/mol. The summed E-state index contributed by atoms with van der Waals surface area (Å²) in [6.45, 7) is -0.533. The van der Waals surface area contributed by atoms with Gasteiger partial charge in [0, 0.05) is 7.05 Å². The van der Waals surface area contributed by atoms with Crippen molar-refractivity contribution in [2.45, 2.75) is 6.54 Å². The molecule has 0 bridgehead atoms. The van der Waals surface area contributed by atoms with Gasteiger partial charge in [-0.2, -0.15) is 0 Å². The Labute approximate surface area is 87.8 Å². The molecule has 0 amide bonds. The van der Waals surface area contributed by atoms with E-state index in [0.717, 1.165) is 9.13 Å². The Hall–Kier alpha value is -2.38. The molecule has 8 nitrogen and oxygen atoms in total. The van der Waals surface area contributed by atoms with E-state index in [-0.39, 0.29) is 11.2 Å². The number of nitrogens with zero attached hydrogens (tertiary/aromatic N) is 3. The predicted molar refractivity (Wildman–Crippen MR) is 53.2 cm³/mol. The van der Waals surface area contributed by atoms with E-state index in [0.29, 0.717) is 0 Å². The quantitative estimate of drug-likeness (QED) is 0.645. The maximum atomic E-state index is 11.6. The summed E-state index contributed by atoms with van der Waals surface area (Å²) in [4.78, 5) is 40.2. The van der Waals surface area contributed by atoms with Crippen LogP contribution in [0.2, 0.25) is 0 Å². The summed E-state index contributed by atoms with van der Waals surface area (Å²) in [6.07, 6.45) is 1.24. The zero-order valence-corrected chi connectivity index (χ0v) is 8.30. The van der Waals surface area contributed by atoms with Gasteiger partial charge in [-0.3, -0.25) is 18.7 Å². The third-order valence-electron chi connectivity index (χ3n) is 2.20. The Kier molecular flexibility index (Phi) is 2.11. The van der Waals surface area contributed by atoms with Crippen molar-refractivity contribution >= 4 is 17.1 Å². The third kappa shape index (κ3) is 1.31. The van der Waals surface area contributed by atoms with E-state index >= 15 is 0 Å². The van der Waals surface area contributed by atoms with Crippen molar-refractivity contribution in [2.75, 3.05) is 0 Å². The Balaban J connectivity index is 2.91. The van der Waals surface area contributed by atoms with Gasteiger partial charge in [0.1, 0.15) is 12.1 Å². The van der Waals surface area contributed by atoms with Gasteiger partial charge in [-0.25, -0.2) is 9.78 Å². The van der Waals surface area contributed by atoms with E-state index in [2.05, 4.69) is 9.97 Å². The van der Waals surface area contributed by atoms with Crippen molar-refractivity contribution in [3.63, 3.8) is 0 Å². The fourth-order valence-corrected chi connectivity index (χ4v) is 1.45. The lowest BCUT2D eigenvalue weighted by Gasteiger charge is -2.05. The van der Waals surface area contributed by atoms with Crippen LogP contribution >= 0.6 is 0 Å². The number of aromatic nitrogens is 4. The Morgan fingerprint density at radius 3 is 2.88 bits per heavy atom. The highest BCUT2D eigenvalue weighted by molar-refractivity contribution is 5.72. The zero-order chi connectivity index (χ0) is 11.9. The molecule has 0 aliphatic rings. The second-order valence-corrected chi connectivity index (χ2v) is 3.23. The molecule has 0 spiro atoms. The van der Waals surface area contributed by atoms with E-state index in [1.807, 2.05) is 0 Å². The number of nitrogens with one attached hydrogen (secondary N) is 1. The number of carboxylic acids is 1. The van der Waals surface area contributed by atoms with E-state index in [1.165, 1.54) is 13.4 Å². The molecule has 0 radical (unpaired) electrons. The molecule has 0 fully saturated rings. The van der Waals surface area contributed by atoms with Crippen molar-refractivity contribution in [1.29, 1.82) is 0 Å². The molecule has 84 valence electrons. The zero-order valence-electron chi connectivity index (χ0n) is 8.30. The number of aliphatic carboxylic acids is 1. The third-order valence-corrected chi connectivity index (χ3v) is 2.20. The fourth-order valence-electron chi connectivity index (χ4n) is 1.45. The van der Waals surface area contributed by atoms with Crippen LogP contribution in [0.15, 0.2) is 15.9 Å². The summed E-state index contributed by atoms with van der Waals surface area (Å²) in [5.74, 6) is -1.18. The molecule has 0 aliphatic heterocycles. The van der Waals surface area contributed by atoms with Gasteiger partial charge in [-0.15, -0.1) is 0 Å². The van der Waals surface area contributed by atoms with Crippen molar-refractivity contribution in [3.05, 3.63) is 27.2 Å². The van der Waals surface area contributed by atoms with Crippen LogP contribution in [0.5, 0.6) is 0 Å².